The summed E-state index contributed by atoms with van der Waals surface area (Å²) < 4.78 is 8.00. The van der Waals surface area contributed by atoms with Crippen LogP contribution in [0, 0.1) is 6.92 Å². The molecule has 1 unspecified atom stereocenters. The number of hydrogen-bond donors (Lipinski definition) is 1. The van der Waals surface area contributed by atoms with Gasteiger partial charge < -0.3 is 19.5 Å². The zero-order chi connectivity index (χ0) is 32.3. The molecule has 0 radical (unpaired) electrons. The van der Waals surface area contributed by atoms with E-state index in [1.165, 1.54) is 6.42 Å². The summed E-state index contributed by atoms with van der Waals surface area (Å²) in [6, 6.07) is 17.1. The Balaban J connectivity index is 1.20. The number of aryl methyl sites for hydroxylation is 3. The molecule has 2 atom stereocenters. The smallest absolute Gasteiger partial charge is 0.410 e. The molecule has 7 rings (SSSR count). The minimum atomic E-state index is -0.649. The Labute approximate surface area is 280 Å². The van der Waals surface area contributed by atoms with Crippen molar-refractivity contribution < 1.29 is 14.3 Å². The number of hydrogen-bond acceptors (Lipinski definition) is 6. The van der Waals surface area contributed by atoms with Crippen LogP contribution in [0.5, 0.6) is 0 Å². The molecule has 3 aliphatic rings. The van der Waals surface area contributed by atoms with Gasteiger partial charge >= 0.3 is 6.09 Å². The van der Waals surface area contributed by atoms with Gasteiger partial charge in [-0.1, -0.05) is 42.3 Å². The number of halogens is 1. The average Bonchev–Trinajstić information content (AvgIpc) is 3.41. The molecule has 1 saturated heterocycles. The van der Waals surface area contributed by atoms with Crippen LogP contribution in [0.3, 0.4) is 0 Å². The number of pyridine rings is 1. The van der Waals surface area contributed by atoms with E-state index >= 15 is 0 Å². The predicted octanol–water partition coefficient (Wildman–Crippen LogP) is 6.57. The van der Waals surface area contributed by atoms with Gasteiger partial charge in [0, 0.05) is 49.3 Å². The first kappa shape index (κ1) is 31.4. The van der Waals surface area contributed by atoms with E-state index in [2.05, 4.69) is 27.3 Å². The monoisotopic (exact) mass is 652 g/mol. The van der Waals surface area contributed by atoms with Gasteiger partial charge in [-0.3, -0.25) is 14.7 Å². The minimum absolute atomic E-state index is 0.0573. The molecular weight excluding hydrogens is 612 g/mol. The van der Waals surface area contributed by atoms with Gasteiger partial charge in [-0.25, -0.2) is 9.78 Å². The molecule has 0 bridgehead atoms. The highest BCUT2D eigenvalue weighted by molar-refractivity contribution is 6.30. The van der Waals surface area contributed by atoms with Crippen LogP contribution < -0.4 is 5.32 Å². The summed E-state index contributed by atoms with van der Waals surface area (Å²) in [5.74, 6) is -0.173. The van der Waals surface area contributed by atoms with E-state index < -0.39 is 6.04 Å². The van der Waals surface area contributed by atoms with E-state index in [-0.39, 0.29) is 30.7 Å². The van der Waals surface area contributed by atoms with Crippen molar-refractivity contribution >= 4 is 29.3 Å². The molecule has 2 aliphatic carbocycles. The minimum Gasteiger partial charge on any atom is -0.446 e. The van der Waals surface area contributed by atoms with Gasteiger partial charge in [-0.15, -0.1) is 0 Å². The Morgan fingerprint density at radius 3 is 2.66 bits per heavy atom. The van der Waals surface area contributed by atoms with Crippen LogP contribution in [0.4, 0.5) is 10.5 Å². The molecule has 10 heteroatoms. The van der Waals surface area contributed by atoms with Crippen molar-refractivity contribution in [3.63, 3.8) is 0 Å². The van der Waals surface area contributed by atoms with E-state index in [0.29, 0.717) is 30.3 Å². The van der Waals surface area contributed by atoms with Gasteiger partial charge in [0.1, 0.15) is 12.1 Å². The number of nitrogens with one attached hydrogen (secondary N) is 1. The van der Waals surface area contributed by atoms with E-state index in [1.807, 2.05) is 72.7 Å². The van der Waals surface area contributed by atoms with Crippen molar-refractivity contribution in [3.8, 4) is 0 Å². The number of ether oxygens (including phenoxy) is 1. The number of amides is 2. The van der Waals surface area contributed by atoms with Crippen molar-refractivity contribution in [3.05, 3.63) is 112 Å². The maximum atomic E-state index is 14.4. The van der Waals surface area contributed by atoms with Crippen molar-refractivity contribution in [1.29, 1.82) is 0 Å². The Morgan fingerprint density at radius 1 is 0.979 bits per heavy atom. The quantitative estimate of drug-likeness (QED) is 0.253. The summed E-state index contributed by atoms with van der Waals surface area (Å²) in [4.78, 5) is 41.1. The maximum Gasteiger partial charge on any atom is 0.410 e. The third kappa shape index (κ3) is 7.06. The molecule has 47 heavy (non-hydrogen) atoms. The lowest BCUT2D eigenvalue weighted by atomic mass is 9.94. The Morgan fingerprint density at radius 2 is 1.83 bits per heavy atom. The van der Waals surface area contributed by atoms with Crippen LogP contribution in [-0.2, 0) is 28.9 Å². The highest BCUT2D eigenvalue weighted by Crippen LogP contribution is 2.39. The average molecular weight is 653 g/mol. The molecule has 9 nitrogen and oxygen atoms in total. The summed E-state index contributed by atoms with van der Waals surface area (Å²) in [6.07, 6.45) is 12.0. The van der Waals surface area contributed by atoms with E-state index in [0.717, 1.165) is 72.2 Å². The SMILES string of the molecule is Cc1cn(Cc2cccc(NC(=O)[C@H]3CN(C(=O)OC4CCCCC4)CCN3C3c4ccc(Cl)cc4CCc4cccnc43)c2)cn1. The summed E-state index contributed by atoms with van der Waals surface area (Å²) in [6.45, 7) is 3.77. The lowest BCUT2D eigenvalue weighted by Gasteiger charge is -2.44. The van der Waals surface area contributed by atoms with Crippen molar-refractivity contribution in [2.45, 2.75) is 76.6 Å². The fraction of sp³-hybridized carbons (Fsp3) is 0.405. The van der Waals surface area contributed by atoms with Crippen LogP contribution >= 0.6 is 11.6 Å². The first-order valence-corrected chi connectivity index (χ1v) is 17.1. The van der Waals surface area contributed by atoms with Crippen molar-refractivity contribution in [2.75, 3.05) is 25.0 Å². The largest absolute Gasteiger partial charge is 0.446 e. The number of imidazole rings is 1. The van der Waals surface area contributed by atoms with E-state index in [4.69, 9.17) is 21.3 Å². The molecule has 3 heterocycles. The molecular formula is C37H41ClN6O3. The number of carbonyl (C=O) groups is 2. The van der Waals surface area contributed by atoms with Crippen LogP contribution in [-0.4, -0.2) is 68.1 Å². The normalized spacial score (nSPS) is 20.2. The number of nitrogens with zero attached hydrogens (tertiary/aromatic N) is 5. The molecule has 2 aromatic heterocycles. The molecule has 4 aromatic rings. The molecule has 1 saturated carbocycles. The molecule has 1 aliphatic heterocycles. The van der Waals surface area contributed by atoms with Gasteiger partial charge in [0.25, 0.3) is 0 Å². The highest BCUT2D eigenvalue weighted by Gasteiger charge is 2.42. The summed E-state index contributed by atoms with van der Waals surface area (Å²) in [7, 11) is 0. The van der Waals surface area contributed by atoms with E-state index in [1.54, 1.807) is 4.90 Å². The second-order valence-electron chi connectivity index (χ2n) is 13.0. The van der Waals surface area contributed by atoms with Gasteiger partial charge in [-0.2, -0.15) is 0 Å². The van der Waals surface area contributed by atoms with E-state index in [9.17, 15) is 9.59 Å². The molecule has 1 N–H and O–H groups in total. The van der Waals surface area contributed by atoms with Crippen molar-refractivity contribution in [2.24, 2.45) is 0 Å². The summed E-state index contributed by atoms with van der Waals surface area (Å²) in [5.41, 5.74) is 7.07. The summed E-state index contributed by atoms with van der Waals surface area (Å²) >= 11 is 6.49. The Hall–Kier alpha value is -4.21. The van der Waals surface area contributed by atoms with Crippen LogP contribution in [0.1, 0.15) is 71.8 Å². The number of anilines is 1. The zero-order valence-electron chi connectivity index (χ0n) is 26.8. The number of rotatable bonds is 6. The third-order valence-electron chi connectivity index (χ3n) is 9.70. The molecule has 2 aromatic carbocycles. The standard InChI is InChI=1S/C37H41ClN6O3/c1-25-21-42(24-40-25)22-26-7-5-9-30(19-26)41-36(45)33-23-43(37(46)47-31-10-3-2-4-11-31)17-18-44(33)35-32-15-14-29(38)20-28(32)13-12-27-8-6-16-39-34(27)35/h5-9,14-16,19-21,24,31,33,35H,2-4,10-13,17-18,22-23H2,1H3,(H,41,45)/t33-,35?/m1/s1. The third-order valence-corrected chi connectivity index (χ3v) is 9.94. The van der Waals surface area contributed by atoms with Crippen LogP contribution in [0.2, 0.25) is 5.02 Å². The highest BCUT2D eigenvalue weighted by atomic mass is 35.5. The summed E-state index contributed by atoms with van der Waals surface area (Å²) in [5, 5.41) is 3.89. The molecule has 0 spiro atoms. The number of benzene rings is 2. The second-order valence-corrected chi connectivity index (χ2v) is 13.5. The lowest BCUT2D eigenvalue weighted by Crippen LogP contribution is -2.60. The Kier molecular flexibility index (Phi) is 9.27. The maximum absolute atomic E-state index is 14.4. The zero-order valence-corrected chi connectivity index (χ0v) is 27.5. The first-order chi connectivity index (χ1) is 22.9. The van der Waals surface area contributed by atoms with Gasteiger partial charge in [0.15, 0.2) is 0 Å². The number of fused-ring (bicyclic) bond motifs is 2. The topological polar surface area (TPSA) is 92.6 Å². The van der Waals surface area contributed by atoms with Crippen molar-refractivity contribution in [1.82, 2.24) is 24.3 Å². The van der Waals surface area contributed by atoms with Gasteiger partial charge in [0.05, 0.1) is 23.8 Å². The number of piperazine rings is 1. The molecule has 244 valence electrons. The predicted molar refractivity (Wildman–Crippen MR) is 181 cm³/mol. The second kappa shape index (κ2) is 13.9. The number of carbonyl (C=O) groups excluding carboxylic acids is 2. The van der Waals surface area contributed by atoms with Crippen LogP contribution in [0.25, 0.3) is 0 Å². The fourth-order valence-corrected chi connectivity index (χ4v) is 7.56. The van der Waals surface area contributed by atoms with Gasteiger partial charge in [0.2, 0.25) is 5.91 Å². The van der Waals surface area contributed by atoms with Crippen LogP contribution in [0.15, 0.2) is 73.3 Å². The lowest BCUT2D eigenvalue weighted by molar-refractivity contribution is -0.124. The van der Waals surface area contributed by atoms with Gasteiger partial charge in [-0.05, 0) is 98.0 Å². The Bertz CT molecular complexity index is 1750. The molecule has 2 amide bonds. The first-order valence-electron chi connectivity index (χ1n) is 16.7. The number of aromatic nitrogens is 3. The molecule has 2 fully saturated rings. The fourth-order valence-electron chi connectivity index (χ4n) is 7.37.